The van der Waals surface area contributed by atoms with Gasteiger partial charge in [0.15, 0.2) is 0 Å². The molecule has 0 saturated carbocycles. The minimum Gasteiger partial charge on any atom is -0.481 e. The second-order valence-electron chi connectivity index (χ2n) is 5.72. The number of carboxylic acid groups (broad SMARTS) is 1. The lowest BCUT2D eigenvalue weighted by Crippen LogP contribution is -2.48. The maximum atomic E-state index is 11.7. The van der Waals surface area contributed by atoms with Crippen LogP contribution in [0.5, 0.6) is 0 Å². The molecular weight excluding hydrogens is 353 g/mol. The van der Waals surface area contributed by atoms with Gasteiger partial charge < -0.3 is 5.11 Å². The van der Waals surface area contributed by atoms with Crippen molar-refractivity contribution in [2.24, 2.45) is 5.92 Å². The molecule has 2 fully saturated rings. The van der Waals surface area contributed by atoms with Crippen LogP contribution in [0.25, 0.3) is 0 Å². The summed E-state index contributed by atoms with van der Waals surface area (Å²) < 4.78 is 1.20. The molecule has 2 heterocycles. The van der Waals surface area contributed by atoms with E-state index in [1.807, 2.05) is 0 Å². The maximum absolute atomic E-state index is 11.7. The van der Waals surface area contributed by atoms with Gasteiger partial charge in [-0.25, -0.2) is 0 Å². The summed E-state index contributed by atoms with van der Waals surface area (Å²) in [6.07, 6.45) is 3.15. The van der Waals surface area contributed by atoms with Crippen molar-refractivity contribution in [3.8, 4) is 0 Å². The van der Waals surface area contributed by atoms with Crippen molar-refractivity contribution in [2.75, 3.05) is 7.05 Å². The highest BCUT2D eigenvalue weighted by atomic mass is 127. The Kier molecular flexibility index (Phi) is 3.55. The highest BCUT2D eigenvalue weighted by Crippen LogP contribution is 2.46. The van der Waals surface area contributed by atoms with Crippen molar-refractivity contribution < 1.29 is 9.90 Å². The molecule has 2 saturated heterocycles. The average Bonchev–Trinajstić information content (AvgIpc) is 2.63. The summed E-state index contributed by atoms with van der Waals surface area (Å²) in [5, 5.41) is 9.63. The first-order chi connectivity index (χ1) is 9.08. The van der Waals surface area contributed by atoms with E-state index in [9.17, 15) is 9.90 Å². The van der Waals surface area contributed by atoms with Gasteiger partial charge in [-0.15, -0.1) is 0 Å². The van der Waals surface area contributed by atoms with Gasteiger partial charge in [0.25, 0.3) is 0 Å². The number of fused-ring (bicyclic) bond motifs is 2. The zero-order valence-corrected chi connectivity index (χ0v) is 13.1. The normalized spacial score (nSPS) is 34.4. The fraction of sp³-hybridized carbons (Fsp3) is 0.533. The monoisotopic (exact) mass is 371 g/mol. The molecule has 2 aliphatic heterocycles. The third-order valence-electron chi connectivity index (χ3n) is 4.85. The van der Waals surface area contributed by atoms with Crippen molar-refractivity contribution in [3.63, 3.8) is 0 Å². The van der Waals surface area contributed by atoms with E-state index in [0.29, 0.717) is 6.04 Å². The van der Waals surface area contributed by atoms with E-state index in [1.165, 1.54) is 9.13 Å². The molecule has 2 bridgehead atoms. The Labute approximate surface area is 127 Å². The van der Waals surface area contributed by atoms with E-state index in [-0.39, 0.29) is 17.9 Å². The lowest BCUT2D eigenvalue weighted by Gasteiger charge is -2.41. The van der Waals surface area contributed by atoms with Gasteiger partial charge in [-0.2, -0.15) is 0 Å². The predicted molar refractivity (Wildman–Crippen MR) is 82.2 cm³/mol. The van der Waals surface area contributed by atoms with Crippen molar-refractivity contribution >= 4 is 28.6 Å². The number of benzene rings is 1. The molecule has 1 aromatic carbocycles. The third-order valence-corrected chi connectivity index (χ3v) is 5.57. The number of aliphatic carboxylic acids is 1. The molecule has 0 aromatic heterocycles. The summed E-state index contributed by atoms with van der Waals surface area (Å²) in [4.78, 5) is 14.0. The largest absolute Gasteiger partial charge is 0.481 e. The van der Waals surface area contributed by atoms with Crippen molar-refractivity contribution in [3.05, 3.63) is 33.4 Å². The van der Waals surface area contributed by atoms with Crippen LogP contribution in [0.15, 0.2) is 24.3 Å². The number of halogens is 1. The van der Waals surface area contributed by atoms with E-state index in [4.69, 9.17) is 0 Å². The van der Waals surface area contributed by atoms with Crippen molar-refractivity contribution in [1.29, 1.82) is 0 Å². The Balaban J connectivity index is 1.95. The lowest BCUT2D eigenvalue weighted by atomic mass is 9.76. The predicted octanol–water partition coefficient (Wildman–Crippen LogP) is 2.94. The Morgan fingerprint density at radius 1 is 1.32 bits per heavy atom. The molecule has 0 radical (unpaired) electrons. The summed E-state index contributed by atoms with van der Waals surface area (Å²) in [6.45, 7) is 0. The van der Waals surface area contributed by atoms with Crippen LogP contribution < -0.4 is 0 Å². The van der Waals surface area contributed by atoms with E-state index in [1.54, 1.807) is 0 Å². The molecule has 102 valence electrons. The molecule has 19 heavy (non-hydrogen) atoms. The van der Waals surface area contributed by atoms with Gasteiger partial charge >= 0.3 is 5.97 Å². The van der Waals surface area contributed by atoms with Gasteiger partial charge in [-0.05, 0) is 66.6 Å². The number of rotatable bonds is 2. The number of carboxylic acids is 1. The molecule has 3 nitrogen and oxygen atoms in total. The molecule has 2 aliphatic rings. The molecule has 3 unspecified atom stereocenters. The third kappa shape index (κ3) is 2.29. The van der Waals surface area contributed by atoms with Gasteiger partial charge in [0, 0.05) is 21.6 Å². The second-order valence-corrected chi connectivity index (χ2v) is 6.97. The fourth-order valence-electron chi connectivity index (χ4n) is 3.86. The molecular formula is C15H18INO2. The number of piperidine rings is 1. The van der Waals surface area contributed by atoms with Crippen molar-refractivity contribution in [2.45, 2.75) is 37.3 Å². The number of hydrogen-bond acceptors (Lipinski definition) is 2. The van der Waals surface area contributed by atoms with Crippen molar-refractivity contribution in [1.82, 2.24) is 4.90 Å². The minimum atomic E-state index is -0.638. The number of hydrogen-bond donors (Lipinski definition) is 1. The molecule has 1 aromatic rings. The molecule has 0 aliphatic carbocycles. The molecule has 4 heteroatoms. The van der Waals surface area contributed by atoms with Crippen LogP contribution in [-0.4, -0.2) is 35.1 Å². The topological polar surface area (TPSA) is 40.5 Å². The summed E-state index contributed by atoms with van der Waals surface area (Å²) in [6, 6.07) is 9.13. The van der Waals surface area contributed by atoms with E-state index in [2.05, 4.69) is 58.8 Å². The Hall–Kier alpha value is -0.620. The minimum absolute atomic E-state index is 0.170. The van der Waals surface area contributed by atoms with Gasteiger partial charge in [-0.1, -0.05) is 12.1 Å². The number of nitrogens with zero attached hydrogens (tertiary/aromatic N) is 1. The molecule has 0 spiro atoms. The van der Waals surface area contributed by atoms with Crippen LogP contribution >= 0.6 is 22.6 Å². The van der Waals surface area contributed by atoms with Crippen LogP contribution in [-0.2, 0) is 4.79 Å². The van der Waals surface area contributed by atoms with Gasteiger partial charge in [0.2, 0.25) is 0 Å². The van der Waals surface area contributed by atoms with Gasteiger partial charge in [-0.3, -0.25) is 9.69 Å². The zero-order chi connectivity index (χ0) is 13.6. The molecule has 0 amide bonds. The quantitative estimate of drug-likeness (QED) is 0.813. The fourth-order valence-corrected chi connectivity index (χ4v) is 4.22. The summed E-state index contributed by atoms with van der Waals surface area (Å²) in [7, 11) is 2.09. The summed E-state index contributed by atoms with van der Waals surface area (Å²) >= 11 is 2.29. The lowest BCUT2D eigenvalue weighted by molar-refractivity contribution is -0.146. The van der Waals surface area contributed by atoms with E-state index < -0.39 is 5.97 Å². The van der Waals surface area contributed by atoms with Gasteiger partial charge in [0.05, 0.1) is 5.92 Å². The first-order valence-electron chi connectivity index (χ1n) is 6.78. The molecule has 1 N–H and O–H groups in total. The van der Waals surface area contributed by atoms with Gasteiger partial charge in [0.1, 0.15) is 0 Å². The molecule has 3 rings (SSSR count). The van der Waals surface area contributed by atoms with Crippen LogP contribution in [0.3, 0.4) is 0 Å². The highest BCUT2D eigenvalue weighted by molar-refractivity contribution is 14.1. The van der Waals surface area contributed by atoms with E-state index >= 15 is 0 Å². The summed E-state index contributed by atoms with van der Waals surface area (Å²) in [5.74, 6) is -0.729. The Bertz CT molecular complexity index is 487. The standard InChI is InChI=1S/C15H18INO2/c1-17-11-6-7-13(17)14(15(18)19)12(8-11)9-2-4-10(16)5-3-9/h2-5,11-14H,6-8H2,1H3,(H,18,19)/t11?,12?,13-,14?/m1/s1. The maximum Gasteiger partial charge on any atom is 0.308 e. The van der Waals surface area contributed by atoms with Crippen LogP contribution in [0, 0.1) is 9.49 Å². The number of carbonyl (C=O) groups is 1. The smallest absolute Gasteiger partial charge is 0.308 e. The summed E-state index contributed by atoms with van der Waals surface area (Å²) in [5.41, 5.74) is 1.19. The van der Waals surface area contributed by atoms with Crippen LogP contribution in [0.4, 0.5) is 0 Å². The van der Waals surface area contributed by atoms with Crippen LogP contribution in [0.2, 0.25) is 0 Å². The van der Waals surface area contributed by atoms with Crippen LogP contribution in [0.1, 0.15) is 30.7 Å². The first-order valence-corrected chi connectivity index (χ1v) is 7.86. The zero-order valence-electron chi connectivity index (χ0n) is 10.9. The second kappa shape index (κ2) is 5.05. The average molecular weight is 371 g/mol. The SMILES string of the molecule is CN1C2CC[C@@H]1C(C(=O)O)C(c1ccc(I)cc1)C2. The highest BCUT2D eigenvalue weighted by Gasteiger charge is 2.49. The first kappa shape index (κ1) is 13.4. The molecule has 4 atom stereocenters. The Morgan fingerprint density at radius 2 is 2.00 bits per heavy atom. The van der Waals surface area contributed by atoms with E-state index in [0.717, 1.165) is 19.3 Å². The Morgan fingerprint density at radius 3 is 2.63 bits per heavy atom.